The van der Waals surface area contributed by atoms with Crippen molar-refractivity contribution in [3.8, 4) is 0 Å². The third kappa shape index (κ3) is 3.97. The number of carbonyl (C=O) groups is 1. The van der Waals surface area contributed by atoms with Crippen LogP contribution in [0.4, 0.5) is 5.69 Å². The van der Waals surface area contributed by atoms with Crippen LogP contribution in [-0.2, 0) is 16.1 Å². The van der Waals surface area contributed by atoms with Gasteiger partial charge in [0.05, 0.1) is 12.2 Å². The van der Waals surface area contributed by atoms with Gasteiger partial charge in [-0.15, -0.1) is 0 Å². The molecule has 1 aromatic carbocycles. The molecule has 0 aliphatic carbocycles. The van der Waals surface area contributed by atoms with E-state index in [1.54, 1.807) is 11.8 Å². The Morgan fingerprint density at radius 2 is 2.15 bits per heavy atom. The quantitative estimate of drug-likeness (QED) is 0.899. The number of hydrogen-bond donors (Lipinski definition) is 1. The van der Waals surface area contributed by atoms with Crippen molar-refractivity contribution >= 4 is 11.6 Å². The minimum Gasteiger partial charge on any atom is -0.382 e. The average molecular weight is 276 g/mol. The summed E-state index contributed by atoms with van der Waals surface area (Å²) >= 11 is 0. The van der Waals surface area contributed by atoms with Crippen LogP contribution in [0.2, 0.25) is 0 Å². The van der Waals surface area contributed by atoms with E-state index in [9.17, 15) is 4.79 Å². The van der Waals surface area contributed by atoms with Gasteiger partial charge in [-0.1, -0.05) is 18.2 Å². The first-order chi connectivity index (χ1) is 9.56. The lowest BCUT2D eigenvalue weighted by Crippen LogP contribution is -2.24. The van der Waals surface area contributed by atoms with E-state index in [-0.39, 0.29) is 5.91 Å². The molecule has 0 saturated carbocycles. The number of rotatable bonds is 5. The summed E-state index contributed by atoms with van der Waals surface area (Å²) in [4.78, 5) is 13.1. The topological polar surface area (TPSA) is 41.6 Å². The second kappa shape index (κ2) is 6.75. The van der Waals surface area contributed by atoms with Gasteiger partial charge in [0.15, 0.2) is 0 Å². The molecule has 1 N–H and O–H groups in total. The van der Waals surface area contributed by atoms with Gasteiger partial charge in [0.2, 0.25) is 5.91 Å². The minimum atomic E-state index is 0.0766. The molecule has 2 unspecified atom stereocenters. The van der Waals surface area contributed by atoms with Crippen molar-refractivity contribution < 1.29 is 9.53 Å². The van der Waals surface area contributed by atoms with Gasteiger partial charge in [-0.3, -0.25) is 4.79 Å². The highest BCUT2D eigenvalue weighted by atomic mass is 16.5. The molecule has 0 spiro atoms. The van der Waals surface area contributed by atoms with Crippen molar-refractivity contribution in [2.24, 2.45) is 0 Å². The van der Waals surface area contributed by atoms with Crippen molar-refractivity contribution in [1.29, 1.82) is 0 Å². The van der Waals surface area contributed by atoms with E-state index in [1.807, 2.05) is 19.2 Å². The predicted octanol–water partition coefficient (Wildman–Crippen LogP) is 2.64. The number of ether oxygens (including phenoxy) is 1. The van der Waals surface area contributed by atoms with Crippen LogP contribution in [0.1, 0.15) is 32.3 Å². The van der Waals surface area contributed by atoms with Crippen LogP contribution in [0.5, 0.6) is 0 Å². The van der Waals surface area contributed by atoms with Crippen LogP contribution in [-0.4, -0.2) is 36.6 Å². The van der Waals surface area contributed by atoms with Gasteiger partial charge in [-0.2, -0.15) is 0 Å². The van der Waals surface area contributed by atoms with Crippen LogP contribution in [0.15, 0.2) is 24.3 Å². The normalized spacial score (nSPS) is 21.8. The van der Waals surface area contributed by atoms with Crippen LogP contribution in [0, 0.1) is 0 Å². The molecule has 4 nitrogen and oxygen atoms in total. The molecule has 1 heterocycles. The molecular formula is C16H24N2O2. The van der Waals surface area contributed by atoms with Gasteiger partial charge < -0.3 is 15.0 Å². The van der Waals surface area contributed by atoms with Gasteiger partial charge in [0, 0.05) is 32.7 Å². The minimum absolute atomic E-state index is 0.0766. The molecule has 20 heavy (non-hydrogen) atoms. The number of hydrogen-bond acceptors (Lipinski definition) is 3. The summed E-state index contributed by atoms with van der Waals surface area (Å²) in [5.41, 5.74) is 2.22. The van der Waals surface area contributed by atoms with E-state index in [1.165, 1.54) is 0 Å². The molecule has 1 fully saturated rings. The standard InChI is InChI=1S/C16H24N2O2/c1-12-8-9-15(20-12)10-17-16-7-5-4-6-14(16)11-18(3)13(2)19/h4-7,12,15,17H,8-11H2,1-3H3. The SMILES string of the molecule is CC(=O)N(C)Cc1ccccc1NCC1CCC(C)O1. The molecule has 1 aliphatic rings. The number of nitrogens with one attached hydrogen (secondary N) is 1. The van der Waals surface area contributed by atoms with E-state index >= 15 is 0 Å². The third-order valence-corrected chi connectivity index (χ3v) is 3.80. The number of nitrogens with zero attached hydrogens (tertiary/aromatic N) is 1. The van der Waals surface area contributed by atoms with Gasteiger partial charge in [-0.05, 0) is 31.4 Å². The van der Waals surface area contributed by atoms with E-state index in [0.29, 0.717) is 18.8 Å². The van der Waals surface area contributed by atoms with Gasteiger partial charge in [0.1, 0.15) is 0 Å². The molecule has 1 saturated heterocycles. The lowest BCUT2D eigenvalue weighted by atomic mass is 10.1. The fourth-order valence-corrected chi connectivity index (χ4v) is 2.46. The zero-order chi connectivity index (χ0) is 14.5. The predicted molar refractivity (Wildman–Crippen MR) is 80.6 cm³/mol. The lowest BCUT2D eigenvalue weighted by Gasteiger charge is -2.19. The summed E-state index contributed by atoms with van der Waals surface area (Å²) in [5, 5.41) is 3.46. The average Bonchev–Trinajstić information content (AvgIpc) is 2.83. The highest BCUT2D eigenvalue weighted by Crippen LogP contribution is 2.21. The van der Waals surface area contributed by atoms with Crippen molar-refractivity contribution in [2.45, 2.75) is 45.4 Å². The largest absolute Gasteiger partial charge is 0.382 e. The second-order valence-electron chi connectivity index (χ2n) is 5.56. The lowest BCUT2D eigenvalue weighted by molar-refractivity contribution is -0.128. The van der Waals surface area contributed by atoms with E-state index < -0.39 is 0 Å². The number of amides is 1. The molecule has 1 aliphatic heterocycles. The molecule has 0 aromatic heterocycles. The Hall–Kier alpha value is -1.55. The Morgan fingerprint density at radius 3 is 2.80 bits per heavy atom. The first-order valence-electron chi connectivity index (χ1n) is 7.25. The van der Waals surface area contributed by atoms with Crippen molar-refractivity contribution in [1.82, 2.24) is 4.90 Å². The Morgan fingerprint density at radius 1 is 1.40 bits per heavy atom. The summed E-state index contributed by atoms with van der Waals surface area (Å²) in [6.07, 6.45) is 2.93. The maximum atomic E-state index is 11.3. The summed E-state index contributed by atoms with van der Waals surface area (Å²) in [6, 6.07) is 8.13. The Kier molecular flexibility index (Phi) is 5.01. The fraction of sp³-hybridized carbons (Fsp3) is 0.562. The van der Waals surface area contributed by atoms with Crippen molar-refractivity contribution in [3.05, 3.63) is 29.8 Å². The summed E-state index contributed by atoms with van der Waals surface area (Å²) in [5.74, 6) is 0.0766. The first kappa shape index (κ1) is 14.9. The van der Waals surface area contributed by atoms with Gasteiger partial charge >= 0.3 is 0 Å². The van der Waals surface area contributed by atoms with Gasteiger partial charge in [-0.25, -0.2) is 0 Å². The second-order valence-corrected chi connectivity index (χ2v) is 5.56. The van der Waals surface area contributed by atoms with Crippen LogP contribution < -0.4 is 5.32 Å². The highest BCUT2D eigenvalue weighted by molar-refractivity contribution is 5.73. The highest BCUT2D eigenvalue weighted by Gasteiger charge is 2.21. The summed E-state index contributed by atoms with van der Waals surface area (Å²) in [7, 11) is 1.82. The molecule has 4 heteroatoms. The Labute approximate surface area is 121 Å². The van der Waals surface area contributed by atoms with E-state index in [4.69, 9.17) is 4.74 Å². The molecule has 2 atom stereocenters. The van der Waals surface area contributed by atoms with Gasteiger partial charge in [0.25, 0.3) is 0 Å². The van der Waals surface area contributed by atoms with E-state index in [2.05, 4.69) is 24.4 Å². The monoisotopic (exact) mass is 276 g/mol. The number of carbonyl (C=O) groups excluding carboxylic acids is 1. The molecule has 2 rings (SSSR count). The maximum Gasteiger partial charge on any atom is 0.219 e. The van der Waals surface area contributed by atoms with Crippen molar-refractivity contribution in [2.75, 3.05) is 18.9 Å². The third-order valence-electron chi connectivity index (χ3n) is 3.80. The number of benzene rings is 1. The molecule has 1 amide bonds. The fourth-order valence-electron chi connectivity index (χ4n) is 2.46. The van der Waals surface area contributed by atoms with Crippen LogP contribution >= 0.6 is 0 Å². The zero-order valence-corrected chi connectivity index (χ0v) is 12.6. The Bertz CT molecular complexity index is 462. The molecule has 0 bridgehead atoms. The van der Waals surface area contributed by atoms with E-state index in [0.717, 1.165) is 30.6 Å². The smallest absolute Gasteiger partial charge is 0.219 e. The molecule has 110 valence electrons. The van der Waals surface area contributed by atoms with Crippen molar-refractivity contribution in [3.63, 3.8) is 0 Å². The molecule has 0 radical (unpaired) electrons. The molecular weight excluding hydrogens is 252 g/mol. The number of para-hydroxylation sites is 1. The number of anilines is 1. The first-order valence-corrected chi connectivity index (χ1v) is 7.25. The van der Waals surface area contributed by atoms with Crippen LogP contribution in [0.3, 0.4) is 0 Å². The molecule has 1 aromatic rings. The maximum absolute atomic E-state index is 11.3. The van der Waals surface area contributed by atoms with Crippen LogP contribution in [0.25, 0.3) is 0 Å². The Balaban J connectivity index is 1.95. The summed E-state index contributed by atoms with van der Waals surface area (Å²) in [6.45, 7) is 5.16. The summed E-state index contributed by atoms with van der Waals surface area (Å²) < 4.78 is 5.82. The zero-order valence-electron chi connectivity index (χ0n) is 12.6.